The molecule has 0 spiro atoms. The Morgan fingerprint density at radius 3 is 1.83 bits per heavy atom. The predicted molar refractivity (Wildman–Crippen MR) is 218 cm³/mol. The molecule has 0 saturated heterocycles. The minimum Gasteiger partial charge on any atom is -0.392 e. The van der Waals surface area contributed by atoms with Crippen LogP contribution in [0.2, 0.25) is 0 Å². The first kappa shape index (κ1) is 35.2. The van der Waals surface area contributed by atoms with Crippen molar-refractivity contribution in [3.8, 4) is 45.6 Å². The molecule has 6 heterocycles. The van der Waals surface area contributed by atoms with E-state index in [2.05, 4.69) is 25.3 Å². The average molecular weight is 770 g/mol. The quantitative estimate of drug-likeness (QED) is 0.0866. The molecule has 286 valence electrons. The fourth-order valence-electron chi connectivity index (χ4n) is 7.62. The molecule has 7 N–H and O–H groups in total. The van der Waals surface area contributed by atoms with Crippen LogP contribution in [-0.4, -0.2) is 77.6 Å². The van der Waals surface area contributed by atoms with Crippen molar-refractivity contribution in [1.82, 2.24) is 55.2 Å². The van der Waals surface area contributed by atoms with Gasteiger partial charge >= 0.3 is 0 Å². The van der Waals surface area contributed by atoms with Gasteiger partial charge in [0.15, 0.2) is 23.3 Å². The highest BCUT2D eigenvalue weighted by Gasteiger charge is 2.27. The second kappa shape index (κ2) is 14.4. The Hall–Kier alpha value is -7.20. The number of unbranched alkanes of at least 4 members (excludes halogenated alkanes) is 1. The van der Waals surface area contributed by atoms with E-state index in [1.165, 1.54) is 0 Å². The average Bonchev–Trinajstić information content (AvgIpc) is 4.09. The Labute approximate surface area is 329 Å². The van der Waals surface area contributed by atoms with E-state index in [1.807, 2.05) is 72.9 Å². The molecule has 0 aliphatic carbocycles. The molecule has 15 heteroatoms. The van der Waals surface area contributed by atoms with Gasteiger partial charge < -0.3 is 35.6 Å². The number of fused-ring (bicyclic) bond motifs is 20. The molecule has 58 heavy (non-hydrogen) atoms. The summed E-state index contributed by atoms with van der Waals surface area (Å²) in [6.07, 6.45) is 5.97. The number of nitrogens with zero attached hydrogens (tertiary/aromatic N) is 7. The van der Waals surface area contributed by atoms with E-state index in [9.17, 15) is 20.1 Å². The van der Waals surface area contributed by atoms with Crippen LogP contribution in [0.5, 0.6) is 0 Å². The molecule has 15 nitrogen and oxygen atoms in total. The summed E-state index contributed by atoms with van der Waals surface area (Å²) in [5, 5.41) is 36.2. The van der Waals surface area contributed by atoms with Crippen LogP contribution in [-0.2, 0) is 26.2 Å². The standard InChI is InChI=1S/C43H35N11O4/c55-18-22-7-10-26-31(14-22)39-48-35(26)47-38-29-5-3-6-30(43(58)45-13-2-1-4-25-17-44-21-46-25)34(29)42(54-38)53-37-28-12-9-24(20-57)16-33(28)41(51-37)52-40-32-15-23(19-56)8-11-27(32)36(49-39)50-40/h3,5-12,14-17,21,55-57H,1-2,4,13,18-20H2,(H,44,46)(H,45,58)(H2,47,48,49,50,51,52,53,54). The van der Waals surface area contributed by atoms with Crippen LogP contribution in [0.3, 0.4) is 0 Å². The third-order valence-corrected chi connectivity index (χ3v) is 10.5. The van der Waals surface area contributed by atoms with Gasteiger partial charge in [-0.15, -0.1) is 0 Å². The molecule has 8 bridgehead atoms. The van der Waals surface area contributed by atoms with Crippen molar-refractivity contribution in [3.63, 3.8) is 0 Å². The zero-order valence-corrected chi connectivity index (χ0v) is 30.9. The highest BCUT2D eigenvalue weighted by molar-refractivity contribution is 6.08. The minimum absolute atomic E-state index is 0.170. The molecule has 0 atom stereocenters. The van der Waals surface area contributed by atoms with Gasteiger partial charge in [0.05, 0.1) is 37.4 Å². The summed E-state index contributed by atoms with van der Waals surface area (Å²) in [5.41, 5.74) is 7.77. The number of hydrogen-bond donors (Lipinski definition) is 7. The summed E-state index contributed by atoms with van der Waals surface area (Å²) in [6, 6.07) is 22.1. The number of aromatic nitrogens is 10. The Balaban J connectivity index is 1.22. The first-order valence-corrected chi connectivity index (χ1v) is 18.9. The third kappa shape index (κ3) is 6.14. The number of aliphatic hydroxyl groups excluding tert-OH is 3. The molecule has 0 fully saturated rings. The fourth-order valence-corrected chi connectivity index (χ4v) is 7.62. The molecular formula is C43H35N11O4. The minimum atomic E-state index is -0.263. The molecule has 4 aromatic heterocycles. The summed E-state index contributed by atoms with van der Waals surface area (Å²) < 4.78 is 0. The number of rotatable bonds is 9. The van der Waals surface area contributed by atoms with E-state index < -0.39 is 0 Å². The van der Waals surface area contributed by atoms with Crippen molar-refractivity contribution in [2.24, 2.45) is 0 Å². The normalized spacial score (nSPS) is 11.9. The van der Waals surface area contributed by atoms with Gasteiger partial charge in [0.2, 0.25) is 0 Å². The summed E-state index contributed by atoms with van der Waals surface area (Å²) in [4.78, 5) is 58.1. The highest BCUT2D eigenvalue weighted by Crippen LogP contribution is 2.39. The number of aryl methyl sites for hydroxylation is 1. The van der Waals surface area contributed by atoms with E-state index in [4.69, 9.17) is 29.9 Å². The lowest BCUT2D eigenvalue weighted by Crippen LogP contribution is -2.25. The van der Waals surface area contributed by atoms with Gasteiger partial charge in [-0.3, -0.25) is 4.79 Å². The molecular weight excluding hydrogens is 735 g/mol. The molecule has 0 radical (unpaired) electrons. The lowest BCUT2D eigenvalue weighted by atomic mass is 10.0. The van der Waals surface area contributed by atoms with Crippen molar-refractivity contribution in [1.29, 1.82) is 0 Å². The van der Waals surface area contributed by atoms with Gasteiger partial charge in [-0.2, -0.15) is 0 Å². The van der Waals surface area contributed by atoms with Crippen LogP contribution in [0.25, 0.3) is 89.7 Å². The topological polar surface area (TPSA) is 227 Å². The van der Waals surface area contributed by atoms with Crippen molar-refractivity contribution in [2.45, 2.75) is 39.1 Å². The largest absolute Gasteiger partial charge is 0.392 e. The van der Waals surface area contributed by atoms with Crippen LogP contribution in [0, 0.1) is 0 Å². The van der Waals surface area contributed by atoms with Gasteiger partial charge in [0.25, 0.3) is 5.91 Å². The zero-order chi connectivity index (χ0) is 39.3. The van der Waals surface area contributed by atoms with Crippen molar-refractivity contribution >= 4 is 50.0 Å². The van der Waals surface area contributed by atoms with Gasteiger partial charge in [0, 0.05) is 56.5 Å². The van der Waals surface area contributed by atoms with E-state index in [1.54, 1.807) is 12.4 Å². The molecule has 10 rings (SSSR count). The Morgan fingerprint density at radius 2 is 1.17 bits per heavy atom. The van der Waals surface area contributed by atoms with E-state index in [-0.39, 0.29) is 31.6 Å². The predicted octanol–water partition coefficient (Wildman–Crippen LogP) is 5.82. The van der Waals surface area contributed by atoms with Gasteiger partial charge in [-0.25, -0.2) is 34.9 Å². The maximum atomic E-state index is 14.0. The number of H-pyrrole nitrogens is 3. The Kier molecular flexibility index (Phi) is 8.74. The fraction of sp³-hybridized carbons (Fsp3) is 0.163. The van der Waals surface area contributed by atoms with E-state index in [0.29, 0.717) is 107 Å². The molecule has 4 aromatic carbocycles. The molecule has 0 unspecified atom stereocenters. The second-order valence-electron chi connectivity index (χ2n) is 14.2. The maximum absolute atomic E-state index is 14.0. The number of carbonyl (C=O) groups is 1. The maximum Gasteiger partial charge on any atom is 0.252 e. The third-order valence-electron chi connectivity index (χ3n) is 10.5. The summed E-state index contributed by atoms with van der Waals surface area (Å²) in [7, 11) is 0. The van der Waals surface area contributed by atoms with Gasteiger partial charge in [0.1, 0.15) is 22.6 Å². The number of aliphatic hydroxyl groups is 3. The molecule has 8 aromatic rings. The number of hydrogen-bond acceptors (Lipinski definition) is 11. The Morgan fingerprint density at radius 1 is 0.586 bits per heavy atom. The van der Waals surface area contributed by atoms with Crippen molar-refractivity contribution < 1.29 is 20.1 Å². The van der Waals surface area contributed by atoms with Crippen LogP contribution in [0.4, 0.5) is 0 Å². The zero-order valence-electron chi connectivity index (χ0n) is 30.9. The number of imidazole rings is 1. The molecule has 2 aliphatic rings. The van der Waals surface area contributed by atoms with Crippen molar-refractivity contribution in [2.75, 3.05) is 6.54 Å². The number of benzene rings is 4. The second-order valence-corrected chi connectivity index (χ2v) is 14.2. The summed E-state index contributed by atoms with van der Waals surface area (Å²) in [5.74, 6) is 1.11. The van der Waals surface area contributed by atoms with Crippen LogP contribution < -0.4 is 5.32 Å². The number of amides is 1. The smallest absolute Gasteiger partial charge is 0.252 e. The number of aromatic amines is 3. The lowest BCUT2D eigenvalue weighted by Gasteiger charge is -2.09. The number of nitrogens with one attached hydrogen (secondary N) is 4. The van der Waals surface area contributed by atoms with Crippen LogP contribution in [0.1, 0.15) is 45.6 Å². The van der Waals surface area contributed by atoms with E-state index >= 15 is 0 Å². The SMILES string of the molecule is O=C(NCCCCc1c[nH]cn1)c1cccc2c1-c1nc-2nc2[nH]c(nc3nc(nc4[nH]c(n1)c1ccc(CO)cc41)-c1cc(CO)ccc1-3)c1cc(CO)ccc21. The Bertz CT molecular complexity index is 3100. The monoisotopic (exact) mass is 769 g/mol. The highest BCUT2D eigenvalue weighted by atomic mass is 16.3. The first-order valence-electron chi connectivity index (χ1n) is 18.9. The van der Waals surface area contributed by atoms with Gasteiger partial charge in [-0.05, 0) is 60.2 Å². The van der Waals surface area contributed by atoms with Crippen LogP contribution in [0.15, 0.2) is 85.3 Å². The van der Waals surface area contributed by atoms with Crippen molar-refractivity contribution in [3.05, 3.63) is 113 Å². The molecule has 1 amide bonds. The summed E-state index contributed by atoms with van der Waals surface area (Å²) >= 11 is 0. The number of carbonyl (C=O) groups excluding carboxylic acids is 1. The van der Waals surface area contributed by atoms with E-state index in [0.717, 1.165) is 30.3 Å². The molecule has 2 aliphatic heterocycles. The first-order chi connectivity index (χ1) is 28.5. The molecule has 0 saturated carbocycles. The summed E-state index contributed by atoms with van der Waals surface area (Å²) in [6.45, 7) is -0.0555. The van der Waals surface area contributed by atoms with Crippen LogP contribution >= 0.6 is 0 Å². The van der Waals surface area contributed by atoms with Gasteiger partial charge in [-0.1, -0.05) is 48.5 Å². The lowest BCUT2D eigenvalue weighted by molar-refractivity contribution is 0.0953.